The van der Waals surface area contributed by atoms with Crippen molar-refractivity contribution in [3.63, 3.8) is 0 Å². The van der Waals surface area contributed by atoms with E-state index >= 15 is 0 Å². The zero-order chi connectivity index (χ0) is 24.1. The summed E-state index contributed by atoms with van der Waals surface area (Å²) in [6, 6.07) is 22.1. The molecule has 0 spiro atoms. The molecule has 3 aromatic rings. The first-order valence-corrected chi connectivity index (χ1v) is 12.3. The Morgan fingerprint density at radius 1 is 1.00 bits per heavy atom. The molecular weight excluding hydrogens is 444 g/mol. The monoisotopic (exact) mass is 474 g/mol. The summed E-state index contributed by atoms with van der Waals surface area (Å²) in [5.74, 6) is 0.328. The Balaban J connectivity index is 1.37. The molecule has 0 unspecified atom stereocenters. The highest BCUT2D eigenvalue weighted by Crippen LogP contribution is 2.26. The molecule has 34 heavy (non-hydrogen) atoms. The van der Waals surface area contributed by atoms with Crippen molar-refractivity contribution in [2.24, 2.45) is 5.92 Å². The molecule has 1 aliphatic heterocycles. The number of halogens is 1. The van der Waals surface area contributed by atoms with Gasteiger partial charge in [-0.05, 0) is 85.9 Å². The molecule has 0 aromatic heterocycles. The zero-order valence-electron chi connectivity index (χ0n) is 19.8. The van der Waals surface area contributed by atoms with Crippen molar-refractivity contribution in [2.45, 2.75) is 39.5 Å². The van der Waals surface area contributed by atoms with E-state index in [1.54, 1.807) is 0 Å². The molecule has 5 heteroatoms. The summed E-state index contributed by atoms with van der Waals surface area (Å²) in [6.07, 6.45) is 4.71. The number of carbonyl (C=O) groups excluding carboxylic acids is 2. The summed E-state index contributed by atoms with van der Waals surface area (Å²) in [6.45, 7) is 5.40. The molecule has 4 nitrogen and oxygen atoms in total. The lowest BCUT2D eigenvalue weighted by Crippen LogP contribution is -2.49. The van der Waals surface area contributed by atoms with Gasteiger partial charge in [-0.15, -0.1) is 0 Å². The van der Waals surface area contributed by atoms with Crippen molar-refractivity contribution in [1.82, 2.24) is 10.0 Å². The Hall–Kier alpha value is -2.95. The smallest absolute Gasteiger partial charge is 0.275 e. The van der Waals surface area contributed by atoms with Crippen LogP contribution in [0.1, 0.15) is 46.3 Å². The lowest BCUT2D eigenvalue weighted by Gasteiger charge is -2.36. The maximum Gasteiger partial charge on any atom is 0.275 e. The van der Waals surface area contributed by atoms with Crippen LogP contribution < -0.4 is 0 Å². The van der Waals surface area contributed by atoms with Gasteiger partial charge in [-0.2, -0.15) is 0 Å². The quantitative estimate of drug-likeness (QED) is 0.368. The molecule has 1 saturated heterocycles. The number of imide groups is 1. The summed E-state index contributed by atoms with van der Waals surface area (Å²) >= 11 is 5.97. The van der Waals surface area contributed by atoms with E-state index in [-0.39, 0.29) is 5.91 Å². The van der Waals surface area contributed by atoms with Crippen molar-refractivity contribution in [3.8, 4) is 11.1 Å². The van der Waals surface area contributed by atoms with E-state index < -0.39 is 0 Å². The molecule has 0 radical (unpaired) electrons. The standard InChI is InChI=1S/C29H31ClN2O2/c1-21-4-3-5-25(18-21)26-10-13-28(22(2)19-26)29(34)32(20-33)31-16-14-24(15-17-31)7-6-23-8-11-27(30)12-9-23/h3-5,8-13,18-20,24H,6-7,14-17H2,1-2H3. The number of benzene rings is 3. The van der Waals surface area contributed by atoms with Gasteiger partial charge in [-0.3, -0.25) is 9.59 Å². The number of aryl methyl sites for hydroxylation is 3. The number of carbonyl (C=O) groups is 2. The summed E-state index contributed by atoms with van der Waals surface area (Å²) in [5.41, 5.74) is 6.11. The van der Waals surface area contributed by atoms with Crippen molar-refractivity contribution >= 4 is 23.9 Å². The minimum atomic E-state index is -0.261. The second kappa shape index (κ2) is 11.0. The second-order valence-electron chi connectivity index (χ2n) is 9.22. The highest BCUT2D eigenvalue weighted by Gasteiger charge is 2.28. The summed E-state index contributed by atoms with van der Waals surface area (Å²) < 4.78 is 0. The fourth-order valence-corrected chi connectivity index (χ4v) is 4.85. The van der Waals surface area contributed by atoms with E-state index in [4.69, 9.17) is 11.6 Å². The maximum absolute atomic E-state index is 13.3. The predicted molar refractivity (Wildman–Crippen MR) is 138 cm³/mol. The van der Waals surface area contributed by atoms with Crippen LogP contribution in [0.15, 0.2) is 66.7 Å². The molecule has 1 aliphatic rings. The molecule has 1 heterocycles. The highest BCUT2D eigenvalue weighted by atomic mass is 35.5. The molecule has 0 bridgehead atoms. The Morgan fingerprint density at radius 3 is 2.35 bits per heavy atom. The van der Waals surface area contributed by atoms with Gasteiger partial charge >= 0.3 is 0 Å². The number of amides is 2. The highest BCUT2D eigenvalue weighted by molar-refractivity contribution is 6.30. The summed E-state index contributed by atoms with van der Waals surface area (Å²) in [7, 11) is 0. The van der Waals surface area contributed by atoms with Gasteiger partial charge in [0.05, 0.1) is 0 Å². The normalized spacial score (nSPS) is 14.7. The number of hydrogen-bond donors (Lipinski definition) is 0. The third kappa shape index (κ3) is 5.75. The van der Waals surface area contributed by atoms with Gasteiger partial charge in [0.15, 0.2) is 0 Å². The number of hydrazine groups is 1. The predicted octanol–water partition coefficient (Wildman–Crippen LogP) is 6.48. The average Bonchev–Trinajstić information content (AvgIpc) is 2.85. The van der Waals surface area contributed by atoms with Gasteiger partial charge in [0, 0.05) is 23.7 Å². The third-order valence-corrected chi connectivity index (χ3v) is 7.02. The van der Waals surface area contributed by atoms with Gasteiger partial charge in [0.1, 0.15) is 0 Å². The van der Waals surface area contributed by atoms with E-state index in [2.05, 4.69) is 37.3 Å². The van der Waals surface area contributed by atoms with Crippen LogP contribution >= 0.6 is 11.6 Å². The summed E-state index contributed by atoms with van der Waals surface area (Å²) in [4.78, 5) is 25.2. The molecule has 0 atom stereocenters. The molecular formula is C29H31ClN2O2. The zero-order valence-corrected chi connectivity index (χ0v) is 20.6. The van der Waals surface area contributed by atoms with Crippen LogP contribution in [0.3, 0.4) is 0 Å². The lowest BCUT2D eigenvalue weighted by atomic mass is 9.91. The van der Waals surface area contributed by atoms with Crippen LogP contribution in [-0.2, 0) is 11.2 Å². The molecule has 4 rings (SSSR count). The fourth-order valence-electron chi connectivity index (χ4n) is 4.72. The maximum atomic E-state index is 13.3. The van der Waals surface area contributed by atoms with Gasteiger partial charge in [-0.25, -0.2) is 10.0 Å². The molecule has 3 aromatic carbocycles. The molecule has 2 amide bonds. The second-order valence-corrected chi connectivity index (χ2v) is 9.65. The molecule has 0 N–H and O–H groups in total. The number of hydrogen-bond acceptors (Lipinski definition) is 3. The average molecular weight is 475 g/mol. The van der Waals surface area contributed by atoms with Crippen molar-refractivity contribution in [1.29, 1.82) is 0 Å². The fraction of sp³-hybridized carbons (Fsp3) is 0.310. The van der Waals surface area contributed by atoms with Crippen LogP contribution in [-0.4, -0.2) is 35.4 Å². The topological polar surface area (TPSA) is 40.6 Å². The lowest BCUT2D eigenvalue weighted by molar-refractivity contribution is -0.130. The first-order valence-electron chi connectivity index (χ1n) is 11.9. The van der Waals surface area contributed by atoms with Crippen LogP contribution in [0.4, 0.5) is 0 Å². The SMILES string of the molecule is Cc1cccc(-c2ccc(C(=O)N(C=O)N3CCC(CCc4ccc(Cl)cc4)CC3)c(C)c2)c1. The van der Waals surface area contributed by atoms with Crippen molar-refractivity contribution in [2.75, 3.05) is 13.1 Å². The first kappa shape index (κ1) is 24.2. The molecule has 0 aliphatic carbocycles. The van der Waals surface area contributed by atoms with Crippen LogP contribution in [0.5, 0.6) is 0 Å². The summed E-state index contributed by atoms with van der Waals surface area (Å²) in [5, 5.41) is 3.92. The minimum absolute atomic E-state index is 0.261. The van der Waals surface area contributed by atoms with E-state index in [0.717, 1.165) is 47.4 Å². The van der Waals surface area contributed by atoms with Crippen molar-refractivity contribution in [3.05, 3.63) is 94.0 Å². The van der Waals surface area contributed by atoms with Gasteiger partial charge in [0.2, 0.25) is 6.41 Å². The van der Waals surface area contributed by atoms with Gasteiger partial charge in [0.25, 0.3) is 5.91 Å². The van der Waals surface area contributed by atoms with Crippen LogP contribution in [0, 0.1) is 19.8 Å². The number of piperidine rings is 1. The van der Waals surface area contributed by atoms with Crippen molar-refractivity contribution < 1.29 is 9.59 Å². The molecule has 1 fully saturated rings. The Kier molecular flexibility index (Phi) is 7.81. The number of nitrogens with zero attached hydrogens (tertiary/aromatic N) is 2. The minimum Gasteiger partial charge on any atom is -0.277 e. The molecule has 0 saturated carbocycles. The van der Waals surface area contributed by atoms with E-state index in [1.807, 2.05) is 48.3 Å². The van der Waals surface area contributed by atoms with Gasteiger partial charge < -0.3 is 0 Å². The number of rotatable bonds is 7. The third-order valence-electron chi connectivity index (χ3n) is 6.77. The van der Waals surface area contributed by atoms with E-state index in [9.17, 15) is 9.59 Å². The van der Waals surface area contributed by atoms with Gasteiger partial charge in [-0.1, -0.05) is 65.7 Å². The first-order chi connectivity index (χ1) is 16.4. The Morgan fingerprint density at radius 2 is 1.71 bits per heavy atom. The Labute approximate surface area is 207 Å². The van der Waals surface area contributed by atoms with Crippen LogP contribution in [0.25, 0.3) is 11.1 Å². The van der Waals surface area contributed by atoms with E-state index in [1.165, 1.54) is 16.1 Å². The van der Waals surface area contributed by atoms with Crippen LogP contribution in [0.2, 0.25) is 5.02 Å². The largest absolute Gasteiger partial charge is 0.277 e. The molecule has 176 valence electrons. The Bertz CT molecular complexity index is 1150. The van der Waals surface area contributed by atoms with E-state index in [0.29, 0.717) is 31.0 Å².